The molecule has 0 bridgehead atoms. The number of aromatic hydroxyl groups is 2. The number of hydrogen-bond acceptors (Lipinski definition) is 7. The summed E-state index contributed by atoms with van der Waals surface area (Å²) in [7, 11) is 0. The molecule has 0 unspecified atom stereocenters. The van der Waals surface area contributed by atoms with Gasteiger partial charge in [0.2, 0.25) is 0 Å². The molecule has 5 heterocycles. The van der Waals surface area contributed by atoms with Crippen LogP contribution in [0.1, 0.15) is 124 Å². The highest BCUT2D eigenvalue weighted by Crippen LogP contribution is 2.58. The summed E-state index contributed by atoms with van der Waals surface area (Å²) < 4.78 is 6.53. The maximum atomic E-state index is 11.1. The first-order chi connectivity index (χ1) is 46.8. The molecular formula is C90H76N4O3. The quantitative estimate of drug-likeness (QED) is 0.146. The van der Waals surface area contributed by atoms with Crippen LogP contribution in [0.15, 0.2) is 285 Å². The smallest absolute Gasteiger partial charge is 0.132 e. The third kappa shape index (κ3) is 10.7. The summed E-state index contributed by atoms with van der Waals surface area (Å²) in [6, 6.07) is 94.6. The number of ether oxygens (including phenoxy) is 1. The molecule has 10 aromatic carbocycles. The van der Waals surface area contributed by atoms with Crippen LogP contribution >= 0.6 is 0 Å². The Bertz CT molecular complexity index is 5240. The number of nitrogens with zero attached hydrogens (tertiary/aromatic N) is 4. The molecule has 0 amide bonds. The molecule has 4 aromatic heterocycles. The first kappa shape index (κ1) is 61.9. The van der Waals surface area contributed by atoms with Crippen LogP contribution in [0.25, 0.3) is 77.7 Å². The molecule has 0 fully saturated rings. The number of fused-ring (bicyclic) bond motifs is 8. The number of phenols is 2. The minimum atomic E-state index is -0.760. The number of rotatable bonds is 8. The Balaban J connectivity index is 0.000000161. The zero-order valence-corrected chi connectivity index (χ0v) is 56.2. The van der Waals surface area contributed by atoms with Crippen LogP contribution in [0.2, 0.25) is 0 Å². The Morgan fingerprint density at radius 3 is 1.33 bits per heavy atom. The Hall–Kier alpha value is -11.3. The van der Waals surface area contributed by atoms with E-state index in [0.717, 1.165) is 100 Å². The van der Waals surface area contributed by atoms with Crippen molar-refractivity contribution in [2.45, 2.75) is 89.4 Å². The first-order valence-corrected chi connectivity index (χ1v) is 33.4. The van der Waals surface area contributed by atoms with Gasteiger partial charge in [-0.25, -0.2) is 9.97 Å². The number of phenolic OH excluding ortho intramolecular Hbond substituents is 2. The van der Waals surface area contributed by atoms with Gasteiger partial charge in [0.15, 0.2) is 0 Å². The van der Waals surface area contributed by atoms with E-state index in [9.17, 15) is 10.2 Å². The van der Waals surface area contributed by atoms with E-state index in [-0.39, 0.29) is 27.7 Å². The van der Waals surface area contributed by atoms with E-state index in [1.165, 1.54) is 38.9 Å². The molecule has 1 aliphatic heterocycles. The van der Waals surface area contributed by atoms with Crippen molar-refractivity contribution in [3.8, 4) is 79.0 Å². The van der Waals surface area contributed by atoms with Crippen LogP contribution in [-0.4, -0.2) is 30.1 Å². The Kier molecular flexibility index (Phi) is 15.2. The van der Waals surface area contributed by atoms with Gasteiger partial charge in [0.25, 0.3) is 0 Å². The molecule has 1 aliphatic carbocycles. The van der Waals surface area contributed by atoms with Gasteiger partial charge in [-0.1, -0.05) is 244 Å². The largest absolute Gasteiger partial charge is 0.507 e. The molecule has 474 valence electrons. The predicted octanol–water partition coefficient (Wildman–Crippen LogP) is 22.1. The number of aromatic nitrogens is 4. The van der Waals surface area contributed by atoms with E-state index in [2.05, 4.69) is 250 Å². The van der Waals surface area contributed by atoms with Gasteiger partial charge >= 0.3 is 0 Å². The maximum Gasteiger partial charge on any atom is 0.132 e. The van der Waals surface area contributed by atoms with Crippen molar-refractivity contribution in [3.05, 3.63) is 347 Å². The summed E-state index contributed by atoms with van der Waals surface area (Å²) in [5.74, 6) is 2.03. The van der Waals surface area contributed by atoms with E-state index in [1.807, 2.05) is 85.2 Å². The lowest BCUT2D eigenvalue weighted by atomic mass is 9.65. The average Bonchev–Trinajstić information content (AvgIpc) is 1.69. The third-order valence-corrected chi connectivity index (χ3v) is 19.7. The van der Waals surface area contributed by atoms with E-state index in [4.69, 9.17) is 24.7 Å². The van der Waals surface area contributed by atoms with Gasteiger partial charge in [0.05, 0.1) is 44.8 Å². The molecule has 16 rings (SSSR count). The summed E-state index contributed by atoms with van der Waals surface area (Å²) in [5, 5.41) is 25.3. The lowest BCUT2D eigenvalue weighted by molar-refractivity contribution is 0.432. The summed E-state index contributed by atoms with van der Waals surface area (Å²) >= 11 is 0. The molecule has 2 aliphatic rings. The molecule has 97 heavy (non-hydrogen) atoms. The van der Waals surface area contributed by atoms with Crippen LogP contribution in [0.5, 0.6) is 23.0 Å². The zero-order chi connectivity index (χ0) is 67.0. The molecule has 0 radical (unpaired) electrons. The highest BCUT2D eigenvalue weighted by Gasteiger charge is 2.48. The van der Waals surface area contributed by atoms with Gasteiger partial charge in [-0.05, 0) is 174 Å². The third-order valence-electron chi connectivity index (χ3n) is 19.7. The SMILES string of the molecule is CC(C)(C)c1cc(-c2cc(-c3cccc(C4(c5ccccn5)c5ccccc5Oc5ccccc54)c3)nc(-c3ccccc3O)c2)cc(C(C)(C)C)c1.CC(C)(C)c1cc(-c2ccccc2O)nc2c1ccc1ccc(C3(c4ccccn4)c4ccccc4-c4ccccc43)cc12. The standard InChI is InChI=1S/C49H44N2O2.C41H32N2O/c1-47(2,3)36-27-33(28-37(31-36)48(4,5)6)34-29-41(51-42(30-34)38-18-7-10-21-43(38)52)32-16-15-17-35(26-32)49(46-24-13-14-25-50-46)39-19-8-11-22-44(39)53-45-23-12-9-20-40(45)49;1-40(2,3)35-25-36(31-14-6-9-17-37(31)44)43-39-30(35)22-20-26-19-21-27(24-32(26)39)41(38-18-10-11-23-42-38)33-15-7-4-12-28(33)29-13-5-8-16-34(29)41/h7-31,52H,1-6H3;4-25,44H,1-3H3. The molecule has 0 saturated heterocycles. The highest BCUT2D eigenvalue weighted by molar-refractivity contribution is 6.08. The summed E-state index contributed by atoms with van der Waals surface area (Å²) in [5.41, 5.74) is 21.1. The number of benzene rings is 10. The fourth-order valence-corrected chi connectivity index (χ4v) is 14.8. The van der Waals surface area contributed by atoms with Gasteiger partial charge in [-0.3, -0.25) is 9.97 Å². The molecular weight excluding hydrogens is 1190 g/mol. The molecule has 0 spiro atoms. The van der Waals surface area contributed by atoms with Crippen molar-refractivity contribution < 1.29 is 14.9 Å². The van der Waals surface area contributed by atoms with E-state index in [1.54, 1.807) is 12.1 Å². The Morgan fingerprint density at radius 1 is 0.330 bits per heavy atom. The summed E-state index contributed by atoms with van der Waals surface area (Å²) in [6.07, 6.45) is 3.76. The van der Waals surface area contributed by atoms with Crippen molar-refractivity contribution in [1.82, 2.24) is 19.9 Å². The fraction of sp³-hybridized carbons (Fsp3) is 0.156. The molecule has 0 atom stereocenters. The van der Waals surface area contributed by atoms with Crippen LogP contribution in [0.4, 0.5) is 0 Å². The minimum absolute atomic E-state index is 0.0448. The van der Waals surface area contributed by atoms with Crippen molar-refractivity contribution in [2.75, 3.05) is 0 Å². The lowest BCUT2D eigenvalue weighted by Crippen LogP contribution is -2.35. The number of para-hydroxylation sites is 4. The zero-order valence-electron chi connectivity index (χ0n) is 56.2. The van der Waals surface area contributed by atoms with Crippen LogP contribution in [0.3, 0.4) is 0 Å². The second-order valence-electron chi connectivity index (χ2n) is 28.9. The van der Waals surface area contributed by atoms with Crippen LogP contribution in [-0.2, 0) is 27.1 Å². The highest BCUT2D eigenvalue weighted by atomic mass is 16.5. The first-order valence-electron chi connectivity index (χ1n) is 33.4. The number of hydrogen-bond donors (Lipinski definition) is 2. The van der Waals surface area contributed by atoms with Crippen LogP contribution in [0, 0.1) is 0 Å². The van der Waals surface area contributed by atoms with Gasteiger partial charge in [0.1, 0.15) is 23.0 Å². The summed E-state index contributed by atoms with van der Waals surface area (Å²) in [6.45, 7) is 20.3. The van der Waals surface area contributed by atoms with Gasteiger partial charge < -0.3 is 14.9 Å². The van der Waals surface area contributed by atoms with Gasteiger partial charge in [-0.15, -0.1) is 0 Å². The predicted molar refractivity (Wildman–Crippen MR) is 396 cm³/mol. The van der Waals surface area contributed by atoms with Crippen molar-refractivity contribution >= 4 is 21.7 Å². The molecule has 0 saturated carbocycles. The topological polar surface area (TPSA) is 101 Å². The van der Waals surface area contributed by atoms with E-state index < -0.39 is 10.8 Å². The van der Waals surface area contributed by atoms with Crippen molar-refractivity contribution in [3.63, 3.8) is 0 Å². The molecule has 7 heteroatoms. The number of pyridine rings is 4. The normalized spacial score (nSPS) is 13.5. The minimum Gasteiger partial charge on any atom is -0.507 e. The van der Waals surface area contributed by atoms with Crippen LogP contribution < -0.4 is 4.74 Å². The second-order valence-corrected chi connectivity index (χ2v) is 28.9. The Morgan fingerprint density at radius 2 is 0.794 bits per heavy atom. The lowest BCUT2D eigenvalue weighted by Gasteiger charge is -2.40. The molecule has 7 nitrogen and oxygen atoms in total. The Labute approximate surface area is 568 Å². The monoisotopic (exact) mass is 1260 g/mol. The average molecular weight is 1260 g/mol. The van der Waals surface area contributed by atoms with Gasteiger partial charge in [-0.2, -0.15) is 0 Å². The maximum absolute atomic E-state index is 11.1. The molecule has 14 aromatic rings. The van der Waals surface area contributed by atoms with Crippen molar-refractivity contribution in [2.24, 2.45) is 0 Å². The fourth-order valence-electron chi connectivity index (χ4n) is 14.8. The van der Waals surface area contributed by atoms with Gasteiger partial charge in [0, 0.05) is 51.0 Å². The second kappa shape index (κ2) is 23.9. The summed E-state index contributed by atoms with van der Waals surface area (Å²) in [4.78, 5) is 20.6. The van der Waals surface area contributed by atoms with Crippen molar-refractivity contribution in [1.29, 1.82) is 0 Å². The molecule has 2 N–H and O–H groups in total. The van der Waals surface area contributed by atoms with E-state index >= 15 is 0 Å². The van der Waals surface area contributed by atoms with E-state index in [0.29, 0.717) is 11.3 Å².